The monoisotopic (exact) mass is 180 g/mol. The van der Waals surface area contributed by atoms with Crippen LogP contribution in [-0.2, 0) is 4.79 Å². The van der Waals surface area contributed by atoms with Crippen LogP contribution in [-0.4, -0.2) is 26.0 Å². The molecule has 0 aliphatic rings. The zero-order valence-corrected chi connectivity index (χ0v) is 8.12. The van der Waals surface area contributed by atoms with Crippen LogP contribution in [0.4, 0.5) is 0 Å². The first-order chi connectivity index (χ1) is 4.68. The van der Waals surface area contributed by atoms with Crippen LogP contribution in [0.2, 0.25) is 0 Å². The fourth-order valence-corrected chi connectivity index (χ4v) is 0.515. The van der Waals surface area contributed by atoms with E-state index in [0.717, 1.165) is 6.54 Å². The van der Waals surface area contributed by atoms with Crippen LogP contribution in [0.3, 0.4) is 0 Å². The van der Waals surface area contributed by atoms with Crippen LogP contribution in [0, 0.1) is 5.92 Å². The average Bonchev–Trinajstić information content (AvgIpc) is 1.88. The smallest absolute Gasteiger partial charge is 0.222 e. The minimum absolute atomic E-state index is 0. The summed E-state index contributed by atoms with van der Waals surface area (Å²) < 4.78 is 0. The van der Waals surface area contributed by atoms with Gasteiger partial charge in [0, 0.05) is 19.0 Å². The van der Waals surface area contributed by atoms with Crippen LogP contribution in [0.15, 0.2) is 0 Å². The molecule has 11 heavy (non-hydrogen) atoms. The lowest BCUT2D eigenvalue weighted by Crippen LogP contribution is -2.33. The van der Waals surface area contributed by atoms with Gasteiger partial charge >= 0.3 is 0 Å². The van der Waals surface area contributed by atoms with Crippen molar-refractivity contribution in [2.45, 2.75) is 13.8 Å². The molecule has 0 rings (SSSR count). The highest BCUT2D eigenvalue weighted by atomic mass is 35.5. The normalized spacial score (nSPS) is 9.09. The second-order valence-electron chi connectivity index (χ2n) is 2.55. The summed E-state index contributed by atoms with van der Waals surface area (Å²) in [6.45, 7) is 5.31. The Morgan fingerprint density at radius 1 is 1.36 bits per heavy atom. The highest BCUT2D eigenvalue weighted by Gasteiger charge is 2.03. The molecule has 0 unspecified atom stereocenters. The molecule has 0 fully saturated rings. The Hall–Kier alpha value is -0.280. The lowest BCUT2D eigenvalue weighted by Gasteiger charge is -2.05. The molecular formula is C7H17ClN2O. The molecule has 3 nitrogen and oxygen atoms in total. The number of carbonyl (C=O) groups is 1. The van der Waals surface area contributed by atoms with Crippen LogP contribution in [0.5, 0.6) is 0 Å². The summed E-state index contributed by atoms with van der Waals surface area (Å²) in [6.07, 6.45) is 0. The van der Waals surface area contributed by atoms with Crippen molar-refractivity contribution in [3.05, 3.63) is 0 Å². The zero-order chi connectivity index (χ0) is 7.98. The molecule has 0 atom stereocenters. The zero-order valence-electron chi connectivity index (χ0n) is 7.31. The number of nitrogens with one attached hydrogen (secondary N) is 2. The molecular weight excluding hydrogens is 164 g/mol. The van der Waals surface area contributed by atoms with Crippen molar-refractivity contribution < 1.29 is 4.79 Å². The summed E-state index contributed by atoms with van der Waals surface area (Å²) >= 11 is 0. The summed E-state index contributed by atoms with van der Waals surface area (Å²) in [7, 11) is 1.86. The topological polar surface area (TPSA) is 41.1 Å². The number of amides is 1. The molecule has 0 heterocycles. The largest absolute Gasteiger partial charge is 0.355 e. The van der Waals surface area contributed by atoms with Gasteiger partial charge in [0.1, 0.15) is 0 Å². The van der Waals surface area contributed by atoms with Crippen LogP contribution >= 0.6 is 12.4 Å². The standard InChI is InChI=1S/C7H16N2O.ClH/c1-6(2)7(10)9-5-4-8-3;/h6,8H,4-5H2,1-3H3,(H,9,10);1H. The lowest BCUT2D eigenvalue weighted by molar-refractivity contribution is -0.123. The Balaban J connectivity index is 0. The van der Waals surface area contributed by atoms with Gasteiger partial charge in [0.2, 0.25) is 5.91 Å². The van der Waals surface area contributed by atoms with Gasteiger partial charge in [-0.15, -0.1) is 12.4 Å². The number of rotatable bonds is 4. The molecule has 0 spiro atoms. The van der Waals surface area contributed by atoms with Gasteiger partial charge in [-0.05, 0) is 7.05 Å². The van der Waals surface area contributed by atoms with E-state index in [-0.39, 0.29) is 24.2 Å². The first-order valence-electron chi connectivity index (χ1n) is 3.60. The molecule has 2 N–H and O–H groups in total. The highest BCUT2D eigenvalue weighted by Crippen LogP contribution is 1.88. The molecule has 0 aliphatic heterocycles. The summed E-state index contributed by atoms with van der Waals surface area (Å²) in [4.78, 5) is 10.9. The quantitative estimate of drug-likeness (QED) is 0.615. The van der Waals surface area contributed by atoms with E-state index < -0.39 is 0 Å². The molecule has 0 aromatic heterocycles. The second-order valence-corrected chi connectivity index (χ2v) is 2.55. The predicted molar refractivity (Wildman–Crippen MR) is 49.0 cm³/mol. The van der Waals surface area contributed by atoms with Gasteiger partial charge in [-0.2, -0.15) is 0 Å². The summed E-state index contributed by atoms with van der Waals surface area (Å²) in [5, 5.41) is 5.73. The Kier molecular flexibility index (Phi) is 9.47. The predicted octanol–water partition coefficient (Wildman–Crippen LogP) is 0.400. The fraction of sp³-hybridized carbons (Fsp3) is 0.857. The Morgan fingerprint density at radius 2 is 1.91 bits per heavy atom. The maximum Gasteiger partial charge on any atom is 0.222 e. The minimum Gasteiger partial charge on any atom is -0.355 e. The number of hydrogen-bond acceptors (Lipinski definition) is 2. The van der Waals surface area contributed by atoms with Gasteiger partial charge in [0.05, 0.1) is 0 Å². The van der Waals surface area contributed by atoms with E-state index in [2.05, 4.69) is 10.6 Å². The third-order valence-corrected chi connectivity index (χ3v) is 1.20. The number of likely N-dealkylation sites (N-methyl/N-ethyl adjacent to an activating group) is 1. The van der Waals surface area contributed by atoms with Crippen molar-refractivity contribution in [3.8, 4) is 0 Å². The third kappa shape index (κ3) is 7.62. The van der Waals surface area contributed by atoms with E-state index in [1.165, 1.54) is 0 Å². The van der Waals surface area contributed by atoms with Gasteiger partial charge in [-0.3, -0.25) is 4.79 Å². The molecule has 68 valence electrons. The summed E-state index contributed by atoms with van der Waals surface area (Å²) in [5.41, 5.74) is 0. The lowest BCUT2D eigenvalue weighted by atomic mass is 10.2. The molecule has 4 heteroatoms. The van der Waals surface area contributed by atoms with Gasteiger partial charge in [0.25, 0.3) is 0 Å². The van der Waals surface area contributed by atoms with E-state index in [0.29, 0.717) is 6.54 Å². The van der Waals surface area contributed by atoms with E-state index >= 15 is 0 Å². The number of hydrogen-bond donors (Lipinski definition) is 2. The average molecular weight is 181 g/mol. The van der Waals surface area contributed by atoms with Crippen molar-refractivity contribution in [3.63, 3.8) is 0 Å². The van der Waals surface area contributed by atoms with E-state index in [4.69, 9.17) is 0 Å². The van der Waals surface area contributed by atoms with Crippen LogP contribution < -0.4 is 10.6 Å². The van der Waals surface area contributed by atoms with Gasteiger partial charge in [-0.25, -0.2) is 0 Å². The number of carbonyl (C=O) groups excluding carboxylic acids is 1. The molecule has 0 aromatic rings. The summed E-state index contributed by atoms with van der Waals surface area (Å²) in [6, 6.07) is 0. The van der Waals surface area contributed by atoms with E-state index in [1.807, 2.05) is 20.9 Å². The molecule has 0 bridgehead atoms. The van der Waals surface area contributed by atoms with Crippen molar-refractivity contribution in [1.82, 2.24) is 10.6 Å². The van der Waals surface area contributed by atoms with Crippen molar-refractivity contribution >= 4 is 18.3 Å². The molecule has 0 aromatic carbocycles. The Bertz CT molecular complexity index is 107. The molecule has 1 amide bonds. The maximum absolute atomic E-state index is 10.9. The molecule has 0 radical (unpaired) electrons. The number of halogens is 1. The maximum atomic E-state index is 10.9. The van der Waals surface area contributed by atoms with Crippen molar-refractivity contribution in [2.75, 3.05) is 20.1 Å². The van der Waals surface area contributed by atoms with Crippen LogP contribution in [0.25, 0.3) is 0 Å². The van der Waals surface area contributed by atoms with E-state index in [9.17, 15) is 4.79 Å². The van der Waals surface area contributed by atoms with Crippen molar-refractivity contribution in [2.24, 2.45) is 5.92 Å². The first-order valence-corrected chi connectivity index (χ1v) is 3.60. The third-order valence-electron chi connectivity index (χ3n) is 1.20. The molecule has 0 saturated heterocycles. The van der Waals surface area contributed by atoms with Crippen molar-refractivity contribution in [1.29, 1.82) is 0 Å². The Labute approximate surface area is 74.3 Å². The fourth-order valence-electron chi connectivity index (χ4n) is 0.515. The highest BCUT2D eigenvalue weighted by molar-refractivity contribution is 5.85. The summed E-state index contributed by atoms with van der Waals surface area (Å²) in [5.74, 6) is 0.215. The Morgan fingerprint density at radius 3 is 2.27 bits per heavy atom. The second kappa shape index (κ2) is 7.82. The van der Waals surface area contributed by atoms with E-state index in [1.54, 1.807) is 0 Å². The van der Waals surface area contributed by atoms with Gasteiger partial charge in [-0.1, -0.05) is 13.8 Å². The first kappa shape index (κ1) is 13.3. The van der Waals surface area contributed by atoms with Gasteiger partial charge in [0.15, 0.2) is 0 Å². The molecule has 0 aliphatic carbocycles. The minimum atomic E-state index is 0. The molecule has 0 saturated carbocycles. The van der Waals surface area contributed by atoms with Crippen LogP contribution in [0.1, 0.15) is 13.8 Å². The SMILES string of the molecule is CNCCNC(=O)C(C)C.Cl. The van der Waals surface area contributed by atoms with Gasteiger partial charge < -0.3 is 10.6 Å².